The van der Waals surface area contributed by atoms with Crippen LogP contribution in [0.5, 0.6) is 11.5 Å². The molecule has 1 aromatic carbocycles. The van der Waals surface area contributed by atoms with Gasteiger partial charge in [-0.15, -0.1) is 0 Å². The Hall–Kier alpha value is -1.30. The van der Waals surface area contributed by atoms with E-state index in [1.807, 2.05) is 12.1 Å². The van der Waals surface area contributed by atoms with Gasteiger partial charge < -0.3 is 19.5 Å². The zero-order valence-electron chi connectivity index (χ0n) is 15.3. The summed E-state index contributed by atoms with van der Waals surface area (Å²) in [7, 11) is 3.81. The van der Waals surface area contributed by atoms with Crippen LogP contribution in [0.25, 0.3) is 0 Å². The summed E-state index contributed by atoms with van der Waals surface area (Å²) in [6, 6.07) is 6.05. The van der Waals surface area contributed by atoms with Crippen LogP contribution in [0.3, 0.4) is 0 Å². The number of aliphatic hydroxyl groups is 1. The zero-order chi connectivity index (χ0) is 17.4. The van der Waals surface area contributed by atoms with Crippen LogP contribution < -0.4 is 9.47 Å². The maximum atomic E-state index is 9.90. The van der Waals surface area contributed by atoms with Crippen molar-refractivity contribution in [1.29, 1.82) is 0 Å². The lowest BCUT2D eigenvalue weighted by Gasteiger charge is -2.37. The van der Waals surface area contributed by atoms with Crippen LogP contribution in [0.1, 0.15) is 37.8 Å². The number of nitrogens with zero attached hydrogens (tertiary/aromatic N) is 2. The standard InChI is InChI=1S/C19H32N2O3/c1-4-5-6-13-24-18-8-7-16(14-19(18)23-3)17(15-22)21-11-9-20(2)10-12-21/h7-8,14,17,22H,4-6,9-13,15H2,1-3H3. The van der Waals surface area contributed by atoms with E-state index in [9.17, 15) is 5.11 Å². The van der Waals surface area contributed by atoms with E-state index in [4.69, 9.17) is 9.47 Å². The molecule has 1 aliphatic heterocycles. The highest BCUT2D eigenvalue weighted by Crippen LogP contribution is 2.32. The molecule has 1 N–H and O–H groups in total. The summed E-state index contributed by atoms with van der Waals surface area (Å²) in [4.78, 5) is 4.66. The molecule has 1 atom stereocenters. The molecule has 0 aliphatic carbocycles. The molecule has 5 nitrogen and oxygen atoms in total. The molecule has 0 bridgehead atoms. The molecule has 1 heterocycles. The van der Waals surface area contributed by atoms with Crippen molar-refractivity contribution in [2.24, 2.45) is 0 Å². The number of methoxy groups -OCH3 is 1. The second-order valence-electron chi connectivity index (χ2n) is 6.50. The minimum Gasteiger partial charge on any atom is -0.493 e. The van der Waals surface area contributed by atoms with Crippen molar-refractivity contribution in [2.75, 3.05) is 53.6 Å². The lowest BCUT2D eigenvalue weighted by Crippen LogP contribution is -2.46. The van der Waals surface area contributed by atoms with Crippen LogP contribution in [0, 0.1) is 0 Å². The van der Waals surface area contributed by atoms with Crippen molar-refractivity contribution in [3.63, 3.8) is 0 Å². The lowest BCUT2D eigenvalue weighted by atomic mass is 10.0. The third kappa shape index (κ3) is 5.10. The Labute approximate surface area is 146 Å². The second kappa shape index (κ2) is 9.87. The highest BCUT2D eigenvalue weighted by atomic mass is 16.5. The molecule has 0 radical (unpaired) electrons. The minimum atomic E-state index is 0.0155. The molecule has 0 aromatic heterocycles. The molecule has 24 heavy (non-hydrogen) atoms. The van der Waals surface area contributed by atoms with Gasteiger partial charge in [0.2, 0.25) is 0 Å². The quantitative estimate of drug-likeness (QED) is 0.702. The molecule has 1 saturated heterocycles. The third-order valence-electron chi connectivity index (χ3n) is 4.73. The third-order valence-corrected chi connectivity index (χ3v) is 4.73. The number of ether oxygens (including phenoxy) is 2. The molecule has 136 valence electrons. The van der Waals surface area contributed by atoms with Crippen molar-refractivity contribution in [3.05, 3.63) is 23.8 Å². The Morgan fingerprint density at radius 2 is 1.88 bits per heavy atom. The maximum absolute atomic E-state index is 9.90. The van der Waals surface area contributed by atoms with Crippen LogP contribution in [0.4, 0.5) is 0 Å². The van der Waals surface area contributed by atoms with Crippen LogP contribution >= 0.6 is 0 Å². The Morgan fingerprint density at radius 3 is 2.50 bits per heavy atom. The summed E-state index contributed by atoms with van der Waals surface area (Å²) in [6.45, 7) is 7.02. The number of aliphatic hydroxyl groups excluding tert-OH is 1. The fourth-order valence-electron chi connectivity index (χ4n) is 3.11. The predicted molar refractivity (Wildman–Crippen MR) is 96.9 cm³/mol. The van der Waals surface area contributed by atoms with Gasteiger partial charge in [-0.05, 0) is 31.2 Å². The van der Waals surface area contributed by atoms with Gasteiger partial charge >= 0.3 is 0 Å². The van der Waals surface area contributed by atoms with Crippen molar-refractivity contribution in [1.82, 2.24) is 9.80 Å². The number of piperazine rings is 1. The molecule has 5 heteroatoms. The summed E-state index contributed by atoms with van der Waals surface area (Å²) >= 11 is 0. The van der Waals surface area contributed by atoms with Crippen LogP contribution in [0.2, 0.25) is 0 Å². The van der Waals surface area contributed by atoms with Crippen LogP contribution in [-0.4, -0.2) is 68.5 Å². The van der Waals surface area contributed by atoms with E-state index in [1.165, 1.54) is 12.8 Å². The molecular formula is C19H32N2O3. The molecule has 0 amide bonds. The van der Waals surface area contributed by atoms with Gasteiger partial charge in [-0.25, -0.2) is 0 Å². The number of unbranched alkanes of at least 4 members (excludes halogenated alkanes) is 2. The van der Waals surface area contributed by atoms with Crippen molar-refractivity contribution >= 4 is 0 Å². The number of benzene rings is 1. The smallest absolute Gasteiger partial charge is 0.161 e. The first-order valence-corrected chi connectivity index (χ1v) is 9.03. The van der Waals surface area contributed by atoms with Gasteiger partial charge in [0.1, 0.15) is 0 Å². The van der Waals surface area contributed by atoms with Gasteiger partial charge in [-0.1, -0.05) is 25.8 Å². The van der Waals surface area contributed by atoms with E-state index in [2.05, 4.69) is 29.8 Å². The van der Waals surface area contributed by atoms with Gasteiger partial charge in [0.25, 0.3) is 0 Å². The van der Waals surface area contributed by atoms with Crippen molar-refractivity contribution in [3.8, 4) is 11.5 Å². The largest absolute Gasteiger partial charge is 0.493 e. The first-order valence-electron chi connectivity index (χ1n) is 9.03. The normalized spacial score (nSPS) is 17.7. The Kier molecular flexibility index (Phi) is 7.82. The fraction of sp³-hybridized carbons (Fsp3) is 0.684. The lowest BCUT2D eigenvalue weighted by molar-refractivity contribution is 0.0746. The average molecular weight is 336 g/mol. The van der Waals surface area contributed by atoms with Gasteiger partial charge in [0, 0.05) is 26.2 Å². The van der Waals surface area contributed by atoms with Crippen molar-refractivity contribution in [2.45, 2.75) is 32.2 Å². The highest BCUT2D eigenvalue weighted by molar-refractivity contribution is 5.44. The van der Waals surface area contributed by atoms with E-state index < -0.39 is 0 Å². The second-order valence-corrected chi connectivity index (χ2v) is 6.50. The van der Waals surface area contributed by atoms with Gasteiger partial charge in [0.05, 0.1) is 26.4 Å². The fourth-order valence-corrected chi connectivity index (χ4v) is 3.11. The molecular weight excluding hydrogens is 304 g/mol. The number of likely N-dealkylation sites (N-methyl/N-ethyl adjacent to an activating group) is 1. The van der Waals surface area contributed by atoms with Gasteiger partial charge in [-0.3, -0.25) is 4.90 Å². The summed E-state index contributed by atoms with van der Waals surface area (Å²) in [5.41, 5.74) is 1.08. The molecule has 1 fully saturated rings. The number of hydrogen-bond donors (Lipinski definition) is 1. The van der Waals surface area contributed by atoms with E-state index in [0.717, 1.165) is 49.7 Å². The van der Waals surface area contributed by atoms with E-state index >= 15 is 0 Å². The van der Waals surface area contributed by atoms with Crippen LogP contribution in [0.15, 0.2) is 18.2 Å². The predicted octanol–water partition coefficient (Wildman–Crippen LogP) is 2.55. The first kappa shape index (κ1) is 19.0. The molecule has 2 rings (SSSR count). The topological polar surface area (TPSA) is 45.2 Å². The van der Waals surface area contributed by atoms with Gasteiger partial charge in [-0.2, -0.15) is 0 Å². The monoisotopic (exact) mass is 336 g/mol. The van der Waals surface area contributed by atoms with E-state index in [0.29, 0.717) is 6.61 Å². The van der Waals surface area contributed by atoms with Crippen molar-refractivity contribution < 1.29 is 14.6 Å². The SMILES string of the molecule is CCCCCOc1ccc(C(CO)N2CCN(C)CC2)cc1OC. The Morgan fingerprint density at radius 1 is 1.12 bits per heavy atom. The van der Waals surface area contributed by atoms with E-state index in [-0.39, 0.29) is 12.6 Å². The Bertz CT molecular complexity index is 488. The molecule has 0 saturated carbocycles. The first-order chi connectivity index (χ1) is 11.7. The summed E-state index contributed by atoms with van der Waals surface area (Å²) < 4.78 is 11.4. The van der Waals surface area contributed by atoms with E-state index in [1.54, 1.807) is 7.11 Å². The summed E-state index contributed by atoms with van der Waals surface area (Å²) in [6.07, 6.45) is 3.42. The molecule has 1 aliphatic rings. The van der Waals surface area contributed by atoms with Gasteiger partial charge in [0.15, 0.2) is 11.5 Å². The average Bonchev–Trinajstić information content (AvgIpc) is 2.61. The van der Waals surface area contributed by atoms with Crippen LogP contribution in [-0.2, 0) is 0 Å². The minimum absolute atomic E-state index is 0.0155. The maximum Gasteiger partial charge on any atom is 0.161 e. The molecule has 1 aromatic rings. The number of hydrogen-bond acceptors (Lipinski definition) is 5. The summed E-state index contributed by atoms with van der Waals surface area (Å²) in [5.74, 6) is 1.53. The highest BCUT2D eigenvalue weighted by Gasteiger charge is 2.24. The Balaban J connectivity index is 2.05. The summed E-state index contributed by atoms with van der Waals surface area (Å²) in [5, 5.41) is 9.90. The number of rotatable bonds is 9. The molecule has 0 spiro atoms. The molecule has 1 unspecified atom stereocenters. The zero-order valence-corrected chi connectivity index (χ0v) is 15.3.